The van der Waals surface area contributed by atoms with Crippen LogP contribution in [0.15, 0.2) is 60.8 Å². The highest BCUT2D eigenvalue weighted by Crippen LogP contribution is 2.40. The number of carbonyl (C=O) groups excluding carboxylic acids is 2. The van der Waals surface area contributed by atoms with Crippen molar-refractivity contribution in [3.63, 3.8) is 0 Å². The molecule has 0 bridgehead atoms. The van der Waals surface area contributed by atoms with Gasteiger partial charge in [0.2, 0.25) is 5.91 Å². The Bertz CT molecular complexity index is 1840. The van der Waals surface area contributed by atoms with Gasteiger partial charge in [0.25, 0.3) is 0 Å². The van der Waals surface area contributed by atoms with E-state index in [-0.39, 0.29) is 43.2 Å². The fraction of sp³-hybridized carbons (Fsp3) is 0.800. The van der Waals surface area contributed by atoms with Crippen molar-refractivity contribution in [2.75, 3.05) is 40.8 Å². The van der Waals surface area contributed by atoms with Gasteiger partial charge in [-0.15, -0.1) is 0 Å². The molecule has 3 heterocycles. The number of nitrogens with one attached hydrogen (secondary N) is 1. The lowest BCUT2D eigenvalue weighted by Crippen LogP contribution is -2.60. The van der Waals surface area contributed by atoms with Gasteiger partial charge in [-0.05, 0) is 139 Å². The predicted octanol–water partition coefficient (Wildman–Crippen LogP) is 7.70. The molecule has 3 rings (SSSR count). The van der Waals surface area contributed by atoms with Crippen molar-refractivity contribution < 1.29 is 63.5 Å². The molecule has 438 valence electrons. The number of hydrogen-bond acceptors (Lipinski definition) is 15. The van der Waals surface area contributed by atoms with Gasteiger partial charge in [-0.1, -0.05) is 88.5 Å². The Labute approximate surface area is 458 Å². The maximum Gasteiger partial charge on any atom is 0.311 e. The van der Waals surface area contributed by atoms with Crippen LogP contribution in [0.2, 0.25) is 0 Å². The molecule has 3 aliphatic heterocycles. The number of ether oxygens (including phenoxy) is 6. The Balaban J connectivity index is 1.82. The molecule has 16 nitrogen and oxygen atoms in total. The first-order valence-corrected chi connectivity index (χ1v) is 28.6. The molecule has 18 atom stereocenters. The largest absolute Gasteiger partial charge is 0.459 e. The van der Waals surface area contributed by atoms with Crippen LogP contribution in [0.5, 0.6) is 0 Å². The molecule has 0 radical (unpaired) electrons. The van der Waals surface area contributed by atoms with Crippen LogP contribution >= 0.6 is 0 Å². The van der Waals surface area contributed by atoms with E-state index in [2.05, 4.69) is 77.9 Å². The summed E-state index contributed by atoms with van der Waals surface area (Å²) in [7, 11) is 5.27. The summed E-state index contributed by atoms with van der Waals surface area (Å²) in [5.74, 6) is -2.88. The molecule has 6 N–H and O–H groups in total. The molecule has 16 heteroatoms. The number of unbranched alkanes of at least 4 members (excludes halogenated alkanes) is 1. The van der Waals surface area contributed by atoms with E-state index in [1.807, 2.05) is 46.7 Å². The summed E-state index contributed by atoms with van der Waals surface area (Å²) in [5, 5.41) is 63.2. The zero-order valence-corrected chi connectivity index (χ0v) is 49.1. The summed E-state index contributed by atoms with van der Waals surface area (Å²) in [5.41, 5.74) is -4.61. The third-order valence-electron chi connectivity index (χ3n) is 15.9. The van der Waals surface area contributed by atoms with Crippen LogP contribution in [-0.2, 0) is 38.0 Å². The summed E-state index contributed by atoms with van der Waals surface area (Å²) in [6, 6.07) is -0.976. The van der Waals surface area contributed by atoms with Gasteiger partial charge >= 0.3 is 5.97 Å². The Kier molecular flexibility index (Phi) is 29.3. The van der Waals surface area contributed by atoms with Crippen LogP contribution in [0.4, 0.5) is 0 Å². The molecule has 0 aromatic carbocycles. The summed E-state index contributed by atoms with van der Waals surface area (Å²) in [4.78, 5) is 31.5. The van der Waals surface area contributed by atoms with Crippen molar-refractivity contribution in [2.45, 2.75) is 250 Å². The SMILES string of the molecule is CCC=CCC=CCC=CCC=CCC=CCCCC(=O)NCCCN1CC(C)C[C@@](C)(O)[C@H](O[C@@H]2O[C@H](C)C[C@H](N(C)C)[C@H]2O)[C@@H](C)[C@H](O[C@H]2C[C@@](C)(OC)[C@@H](O)[C@H](C)O2)[C@@H](C)C(=O)O[C@H](CC)[C@@](C)(O)[C@H](O)[C@H]1C. The van der Waals surface area contributed by atoms with Crippen molar-refractivity contribution in [1.82, 2.24) is 15.1 Å². The Morgan fingerprint density at radius 1 is 0.816 bits per heavy atom. The van der Waals surface area contributed by atoms with Gasteiger partial charge in [-0.3, -0.25) is 14.5 Å². The number of nitrogens with zero attached hydrogens (tertiary/aromatic N) is 2. The van der Waals surface area contributed by atoms with Gasteiger partial charge in [0, 0.05) is 57.6 Å². The topological polar surface area (TPSA) is 209 Å². The number of cyclic esters (lactones) is 1. The third-order valence-corrected chi connectivity index (χ3v) is 15.9. The number of aliphatic hydroxyl groups is 5. The number of allylic oxidation sites excluding steroid dienone is 10. The van der Waals surface area contributed by atoms with Gasteiger partial charge in [-0.2, -0.15) is 0 Å². The zero-order chi connectivity index (χ0) is 56.8. The van der Waals surface area contributed by atoms with E-state index in [9.17, 15) is 35.1 Å². The summed E-state index contributed by atoms with van der Waals surface area (Å²) >= 11 is 0. The minimum absolute atomic E-state index is 0.0395. The Hall–Kier alpha value is -2.84. The predicted molar refractivity (Wildman–Crippen MR) is 299 cm³/mol. The van der Waals surface area contributed by atoms with Crippen molar-refractivity contribution in [2.24, 2.45) is 17.8 Å². The monoisotopic (exact) mass is 1080 g/mol. The maximum atomic E-state index is 14.6. The van der Waals surface area contributed by atoms with Gasteiger partial charge in [0.15, 0.2) is 12.6 Å². The number of likely N-dealkylation sites (N-methyl/N-ethyl adjacent to an activating group) is 1. The first-order chi connectivity index (χ1) is 35.8. The van der Waals surface area contributed by atoms with Crippen LogP contribution in [0.3, 0.4) is 0 Å². The molecular weight excluding hydrogens is 971 g/mol. The minimum Gasteiger partial charge on any atom is -0.459 e. The number of methoxy groups -OCH3 is 1. The quantitative estimate of drug-likeness (QED) is 0.0311. The van der Waals surface area contributed by atoms with Crippen LogP contribution in [0.1, 0.15) is 160 Å². The molecule has 3 saturated heterocycles. The van der Waals surface area contributed by atoms with Crippen molar-refractivity contribution in [3.05, 3.63) is 60.8 Å². The fourth-order valence-corrected chi connectivity index (χ4v) is 11.2. The lowest BCUT2D eigenvalue weighted by atomic mass is 9.77. The average Bonchev–Trinajstić information content (AvgIpc) is 3.36. The number of amides is 1. The number of aliphatic hydroxyl groups excluding tert-OH is 3. The smallest absolute Gasteiger partial charge is 0.311 e. The molecule has 0 aliphatic carbocycles. The number of esters is 1. The molecule has 0 saturated carbocycles. The molecule has 1 amide bonds. The second-order valence-corrected chi connectivity index (χ2v) is 23.0. The van der Waals surface area contributed by atoms with E-state index in [1.54, 1.807) is 34.6 Å². The van der Waals surface area contributed by atoms with Crippen LogP contribution < -0.4 is 5.32 Å². The van der Waals surface area contributed by atoms with Crippen LogP contribution in [0, 0.1) is 17.8 Å². The van der Waals surface area contributed by atoms with E-state index in [1.165, 1.54) is 14.0 Å². The van der Waals surface area contributed by atoms with Crippen LogP contribution in [-0.4, -0.2) is 178 Å². The third kappa shape index (κ3) is 20.7. The van der Waals surface area contributed by atoms with E-state index >= 15 is 0 Å². The first-order valence-electron chi connectivity index (χ1n) is 28.6. The highest BCUT2D eigenvalue weighted by molar-refractivity contribution is 5.75. The lowest BCUT2D eigenvalue weighted by molar-refractivity contribution is -0.318. The first kappa shape index (κ1) is 67.4. The van der Waals surface area contributed by atoms with E-state index in [4.69, 9.17) is 28.4 Å². The van der Waals surface area contributed by atoms with E-state index in [0.29, 0.717) is 38.9 Å². The van der Waals surface area contributed by atoms with E-state index in [0.717, 1.165) is 44.9 Å². The Morgan fingerprint density at radius 3 is 1.97 bits per heavy atom. The van der Waals surface area contributed by atoms with Crippen LogP contribution in [0.25, 0.3) is 0 Å². The van der Waals surface area contributed by atoms with E-state index < -0.39 is 96.0 Å². The molecule has 3 fully saturated rings. The minimum atomic E-state index is -1.91. The molecular formula is C60H105N3O13. The fourth-order valence-electron chi connectivity index (χ4n) is 11.2. The van der Waals surface area contributed by atoms with Crippen molar-refractivity contribution >= 4 is 11.9 Å². The summed E-state index contributed by atoms with van der Waals surface area (Å²) in [6.45, 7) is 21.0. The molecule has 0 spiro atoms. The molecule has 76 heavy (non-hydrogen) atoms. The Morgan fingerprint density at radius 2 is 1.41 bits per heavy atom. The zero-order valence-electron chi connectivity index (χ0n) is 49.1. The van der Waals surface area contributed by atoms with Gasteiger partial charge in [-0.25, -0.2) is 0 Å². The maximum absolute atomic E-state index is 14.6. The molecule has 0 aromatic heterocycles. The molecule has 1 unspecified atom stereocenters. The molecule has 3 aliphatic rings. The summed E-state index contributed by atoms with van der Waals surface area (Å²) < 4.78 is 38.2. The number of carbonyl (C=O) groups is 2. The molecule has 0 aromatic rings. The number of rotatable bonds is 24. The normalized spacial score (nSPS) is 38.2. The van der Waals surface area contributed by atoms with Gasteiger partial charge in [0.05, 0.1) is 41.5 Å². The van der Waals surface area contributed by atoms with Crippen molar-refractivity contribution in [1.29, 1.82) is 0 Å². The lowest BCUT2D eigenvalue weighted by Gasteiger charge is -2.48. The second kappa shape index (κ2) is 33.0. The highest BCUT2D eigenvalue weighted by atomic mass is 16.7. The average molecular weight is 1080 g/mol. The standard InChI is InChI=1S/C60H105N3O13/c1-15-17-18-19-20-21-22-23-24-25-26-27-28-29-30-31-32-34-49(64)61-35-33-36-63-40-41(3)38-58(9,69)55(76-57-51(65)47(62(12)13)37-42(4)72-57)43(5)52(75-50-39-59(10,71-14)54(67)46(8)73-50)44(6)56(68)74-48(16-2)60(11,70)53(66)45(63)7/h17-18,20-21,23-24,26-27,29-30,41-48,50-55,57,65-67,69-70H,15-16,19,22,25,28,31-40H2,1-14H3,(H,61,64)/t41?,42-,43+,44-,45-,46+,47+,48-,50+,51-,52+,53-,54+,55-,57+,58-,59-,60-/m1/s1. The highest BCUT2D eigenvalue weighted by Gasteiger charge is 2.53. The summed E-state index contributed by atoms with van der Waals surface area (Å²) in [6.07, 6.45) is 19.9. The second-order valence-electron chi connectivity index (χ2n) is 23.0. The van der Waals surface area contributed by atoms with Gasteiger partial charge < -0.3 is 64.2 Å². The number of hydrogen-bond donors (Lipinski definition) is 6. The van der Waals surface area contributed by atoms with Gasteiger partial charge in [0.1, 0.15) is 30.0 Å². The van der Waals surface area contributed by atoms with Crippen molar-refractivity contribution in [3.8, 4) is 0 Å².